The standard InChI is InChI=1S/C12H15BrN2/c13-10-6-8-12(9-7-10)15-14-11-4-2-1-3-5-11/h6-9,15H,1-5H2. The van der Waals surface area contributed by atoms with Crippen molar-refractivity contribution in [2.24, 2.45) is 5.10 Å². The minimum atomic E-state index is 1.05. The highest BCUT2D eigenvalue weighted by Crippen LogP contribution is 2.17. The van der Waals surface area contributed by atoms with Crippen molar-refractivity contribution in [2.45, 2.75) is 32.1 Å². The van der Waals surface area contributed by atoms with Gasteiger partial charge in [-0.2, -0.15) is 5.10 Å². The number of halogens is 1. The first kappa shape index (κ1) is 10.7. The summed E-state index contributed by atoms with van der Waals surface area (Å²) >= 11 is 3.41. The normalized spacial score (nSPS) is 16.2. The van der Waals surface area contributed by atoms with Gasteiger partial charge in [-0.05, 0) is 49.9 Å². The fourth-order valence-corrected chi connectivity index (χ4v) is 2.00. The molecule has 0 unspecified atom stereocenters. The van der Waals surface area contributed by atoms with Gasteiger partial charge in [0, 0.05) is 10.2 Å². The van der Waals surface area contributed by atoms with Crippen LogP contribution in [0.1, 0.15) is 32.1 Å². The second-order valence-corrected chi connectivity index (χ2v) is 4.77. The Hall–Kier alpha value is -0.830. The van der Waals surface area contributed by atoms with Crippen LogP contribution in [0.2, 0.25) is 0 Å². The lowest BCUT2D eigenvalue weighted by Gasteiger charge is -2.12. The van der Waals surface area contributed by atoms with Crippen molar-refractivity contribution in [1.29, 1.82) is 0 Å². The van der Waals surface area contributed by atoms with Gasteiger partial charge in [0.15, 0.2) is 0 Å². The summed E-state index contributed by atoms with van der Waals surface area (Å²) in [7, 11) is 0. The first-order valence-electron chi connectivity index (χ1n) is 5.41. The predicted molar refractivity (Wildman–Crippen MR) is 68.3 cm³/mol. The third kappa shape index (κ3) is 3.34. The molecule has 0 spiro atoms. The van der Waals surface area contributed by atoms with Gasteiger partial charge < -0.3 is 0 Å². The fraction of sp³-hybridized carbons (Fsp3) is 0.417. The number of benzene rings is 1. The number of anilines is 1. The van der Waals surface area contributed by atoms with E-state index in [1.807, 2.05) is 24.3 Å². The van der Waals surface area contributed by atoms with Crippen LogP contribution in [-0.2, 0) is 0 Å². The molecule has 1 saturated carbocycles. The Labute approximate surface area is 98.9 Å². The lowest BCUT2D eigenvalue weighted by molar-refractivity contribution is 0.665. The maximum absolute atomic E-state index is 4.43. The van der Waals surface area contributed by atoms with E-state index in [4.69, 9.17) is 0 Å². The summed E-state index contributed by atoms with van der Waals surface area (Å²) in [5.41, 5.74) is 5.47. The zero-order valence-corrected chi connectivity index (χ0v) is 10.3. The Morgan fingerprint density at radius 3 is 2.33 bits per heavy atom. The zero-order valence-electron chi connectivity index (χ0n) is 8.67. The maximum atomic E-state index is 4.43. The molecule has 2 nitrogen and oxygen atoms in total. The maximum Gasteiger partial charge on any atom is 0.0562 e. The molecular weight excluding hydrogens is 252 g/mol. The zero-order chi connectivity index (χ0) is 10.5. The van der Waals surface area contributed by atoms with Crippen LogP contribution in [0, 0.1) is 0 Å². The Morgan fingerprint density at radius 2 is 1.67 bits per heavy atom. The predicted octanol–water partition coefficient (Wildman–Crippen LogP) is 4.18. The smallest absolute Gasteiger partial charge is 0.0562 e. The molecule has 1 aromatic rings. The van der Waals surface area contributed by atoms with Crippen LogP contribution >= 0.6 is 15.9 Å². The number of hydrogen-bond donors (Lipinski definition) is 1. The van der Waals surface area contributed by atoms with Crippen LogP contribution in [0.25, 0.3) is 0 Å². The van der Waals surface area contributed by atoms with E-state index >= 15 is 0 Å². The average molecular weight is 267 g/mol. The van der Waals surface area contributed by atoms with E-state index in [2.05, 4.69) is 26.5 Å². The third-order valence-electron chi connectivity index (χ3n) is 2.62. The van der Waals surface area contributed by atoms with E-state index in [-0.39, 0.29) is 0 Å². The van der Waals surface area contributed by atoms with Gasteiger partial charge in [-0.15, -0.1) is 0 Å². The van der Waals surface area contributed by atoms with Crippen molar-refractivity contribution in [2.75, 3.05) is 5.43 Å². The topological polar surface area (TPSA) is 24.4 Å². The molecule has 0 amide bonds. The van der Waals surface area contributed by atoms with Crippen LogP contribution in [0.15, 0.2) is 33.8 Å². The molecule has 3 heteroatoms. The molecule has 15 heavy (non-hydrogen) atoms. The van der Waals surface area contributed by atoms with Gasteiger partial charge in [0.2, 0.25) is 0 Å². The first-order valence-corrected chi connectivity index (χ1v) is 6.21. The minimum Gasteiger partial charge on any atom is -0.279 e. The van der Waals surface area contributed by atoms with Crippen LogP contribution in [0.3, 0.4) is 0 Å². The number of hydrazone groups is 1. The highest BCUT2D eigenvalue weighted by Gasteiger charge is 2.05. The molecule has 0 heterocycles. The van der Waals surface area contributed by atoms with Gasteiger partial charge in [-0.25, -0.2) is 0 Å². The molecule has 2 rings (SSSR count). The highest BCUT2D eigenvalue weighted by atomic mass is 79.9. The minimum absolute atomic E-state index is 1.05. The summed E-state index contributed by atoms with van der Waals surface area (Å²) in [6, 6.07) is 8.08. The molecule has 1 fully saturated rings. The number of nitrogens with zero attached hydrogens (tertiary/aromatic N) is 1. The Kier molecular flexibility index (Phi) is 3.78. The lowest BCUT2D eigenvalue weighted by atomic mass is 9.99. The van der Waals surface area contributed by atoms with Crippen LogP contribution in [0.4, 0.5) is 5.69 Å². The van der Waals surface area contributed by atoms with Crippen molar-refractivity contribution in [3.8, 4) is 0 Å². The van der Waals surface area contributed by atoms with E-state index in [0.29, 0.717) is 0 Å². The molecule has 0 aliphatic heterocycles. The molecule has 0 bridgehead atoms. The van der Waals surface area contributed by atoms with Gasteiger partial charge in [0.05, 0.1) is 5.69 Å². The average Bonchev–Trinajstić information content (AvgIpc) is 2.30. The Balaban J connectivity index is 1.94. The summed E-state index contributed by atoms with van der Waals surface area (Å²) in [5, 5.41) is 4.43. The van der Waals surface area contributed by atoms with Crippen molar-refractivity contribution in [3.63, 3.8) is 0 Å². The first-order chi connectivity index (χ1) is 7.34. The van der Waals surface area contributed by atoms with Gasteiger partial charge in [-0.1, -0.05) is 22.4 Å². The lowest BCUT2D eigenvalue weighted by Crippen LogP contribution is -2.07. The summed E-state index contributed by atoms with van der Waals surface area (Å²) in [6.45, 7) is 0. The Morgan fingerprint density at radius 1 is 1.00 bits per heavy atom. The summed E-state index contributed by atoms with van der Waals surface area (Å²) in [5.74, 6) is 0. The van der Waals surface area contributed by atoms with Gasteiger partial charge in [0.1, 0.15) is 0 Å². The monoisotopic (exact) mass is 266 g/mol. The Bertz CT molecular complexity index is 335. The van der Waals surface area contributed by atoms with E-state index in [1.165, 1.54) is 25.0 Å². The van der Waals surface area contributed by atoms with E-state index in [9.17, 15) is 0 Å². The van der Waals surface area contributed by atoms with Crippen molar-refractivity contribution >= 4 is 27.3 Å². The van der Waals surface area contributed by atoms with Crippen LogP contribution in [0.5, 0.6) is 0 Å². The van der Waals surface area contributed by atoms with Crippen molar-refractivity contribution < 1.29 is 0 Å². The second-order valence-electron chi connectivity index (χ2n) is 3.86. The van der Waals surface area contributed by atoms with Gasteiger partial charge in [0.25, 0.3) is 0 Å². The largest absolute Gasteiger partial charge is 0.279 e. The molecule has 1 N–H and O–H groups in total. The van der Waals surface area contributed by atoms with Crippen molar-refractivity contribution in [1.82, 2.24) is 0 Å². The number of rotatable bonds is 2. The summed E-state index contributed by atoms with van der Waals surface area (Å²) in [4.78, 5) is 0. The van der Waals surface area contributed by atoms with Gasteiger partial charge >= 0.3 is 0 Å². The van der Waals surface area contributed by atoms with Crippen molar-refractivity contribution in [3.05, 3.63) is 28.7 Å². The molecule has 0 aromatic heterocycles. The molecule has 1 aliphatic rings. The third-order valence-corrected chi connectivity index (χ3v) is 3.15. The SMILES string of the molecule is Brc1ccc(NN=C2CCCCC2)cc1. The second kappa shape index (κ2) is 5.31. The molecule has 0 radical (unpaired) electrons. The molecule has 80 valence electrons. The molecule has 0 saturated heterocycles. The highest BCUT2D eigenvalue weighted by molar-refractivity contribution is 9.10. The molecule has 1 aliphatic carbocycles. The van der Waals surface area contributed by atoms with Gasteiger partial charge in [-0.3, -0.25) is 5.43 Å². The van der Waals surface area contributed by atoms with E-state index in [1.54, 1.807) is 0 Å². The van der Waals surface area contributed by atoms with E-state index in [0.717, 1.165) is 23.0 Å². The number of nitrogens with one attached hydrogen (secondary N) is 1. The quantitative estimate of drug-likeness (QED) is 0.798. The molecular formula is C12H15BrN2. The number of hydrogen-bond acceptors (Lipinski definition) is 2. The van der Waals surface area contributed by atoms with Crippen LogP contribution < -0.4 is 5.43 Å². The molecule has 1 aromatic carbocycles. The summed E-state index contributed by atoms with van der Waals surface area (Å²) in [6.07, 6.45) is 6.26. The van der Waals surface area contributed by atoms with Crippen LogP contribution in [-0.4, -0.2) is 5.71 Å². The van der Waals surface area contributed by atoms with E-state index < -0.39 is 0 Å². The molecule has 0 atom stereocenters. The fourth-order valence-electron chi connectivity index (χ4n) is 1.74. The summed E-state index contributed by atoms with van der Waals surface area (Å²) < 4.78 is 1.10.